The quantitative estimate of drug-likeness (QED) is 0.630. The molecule has 2 aliphatic rings. The predicted molar refractivity (Wildman–Crippen MR) is 59.0 cm³/mol. The lowest BCUT2D eigenvalue weighted by molar-refractivity contribution is -0.0605. The lowest BCUT2D eigenvalue weighted by Gasteiger charge is -2.53. The molecule has 0 heterocycles. The Morgan fingerprint density at radius 1 is 1.14 bits per heavy atom. The van der Waals surface area contributed by atoms with Crippen LogP contribution in [-0.2, 0) is 0 Å². The van der Waals surface area contributed by atoms with E-state index in [1.807, 2.05) is 0 Å². The van der Waals surface area contributed by atoms with Gasteiger partial charge in [0.15, 0.2) is 0 Å². The number of rotatable bonds is 0. The zero-order valence-electron chi connectivity index (χ0n) is 9.79. The standard InChI is InChI=1S/C13H24O/c1-9-4-5-11-8-12(14)6-7-13(11,3)10(9)2/h9-12,14H,4-8H2,1-3H3/t9?,10-,11-,12+,13+/m0/s1. The van der Waals surface area contributed by atoms with E-state index in [0.717, 1.165) is 30.6 Å². The summed E-state index contributed by atoms with van der Waals surface area (Å²) in [7, 11) is 0. The van der Waals surface area contributed by atoms with E-state index in [1.165, 1.54) is 19.3 Å². The van der Waals surface area contributed by atoms with Crippen LogP contribution in [-0.4, -0.2) is 11.2 Å². The van der Waals surface area contributed by atoms with Gasteiger partial charge in [0.1, 0.15) is 0 Å². The number of aliphatic hydroxyl groups is 1. The third kappa shape index (κ3) is 1.50. The topological polar surface area (TPSA) is 20.2 Å². The van der Waals surface area contributed by atoms with Crippen LogP contribution in [0.2, 0.25) is 0 Å². The Labute approximate surface area is 87.9 Å². The van der Waals surface area contributed by atoms with Gasteiger partial charge in [0.25, 0.3) is 0 Å². The SMILES string of the molecule is CC1CC[C@H]2C[C@H](O)CC[C@]2(C)[C@H]1C. The molecule has 1 nitrogen and oxygen atoms in total. The number of fused-ring (bicyclic) bond motifs is 1. The number of hydrogen-bond donors (Lipinski definition) is 1. The van der Waals surface area contributed by atoms with E-state index >= 15 is 0 Å². The van der Waals surface area contributed by atoms with Crippen molar-refractivity contribution in [1.82, 2.24) is 0 Å². The van der Waals surface area contributed by atoms with Crippen LogP contribution in [0.3, 0.4) is 0 Å². The van der Waals surface area contributed by atoms with Gasteiger partial charge in [-0.2, -0.15) is 0 Å². The average Bonchev–Trinajstić information content (AvgIpc) is 2.16. The second-order valence-electron chi connectivity index (χ2n) is 5.97. The Morgan fingerprint density at radius 2 is 1.86 bits per heavy atom. The maximum Gasteiger partial charge on any atom is 0.0543 e. The van der Waals surface area contributed by atoms with Crippen LogP contribution >= 0.6 is 0 Å². The van der Waals surface area contributed by atoms with E-state index < -0.39 is 0 Å². The van der Waals surface area contributed by atoms with Crippen molar-refractivity contribution in [3.63, 3.8) is 0 Å². The summed E-state index contributed by atoms with van der Waals surface area (Å²) in [5.74, 6) is 2.51. The van der Waals surface area contributed by atoms with Gasteiger partial charge in [-0.3, -0.25) is 0 Å². The van der Waals surface area contributed by atoms with E-state index in [9.17, 15) is 5.11 Å². The van der Waals surface area contributed by atoms with Crippen LogP contribution in [0.15, 0.2) is 0 Å². The minimum atomic E-state index is -0.00585. The van der Waals surface area contributed by atoms with E-state index in [-0.39, 0.29) is 6.10 Å². The molecule has 14 heavy (non-hydrogen) atoms. The van der Waals surface area contributed by atoms with Gasteiger partial charge in [-0.05, 0) is 48.9 Å². The zero-order valence-corrected chi connectivity index (χ0v) is 9.79. The molecule has 2 saturated carbocycles. The van der Waals surface area contributed by atoms with Crippen LogP contribution in [0.25, 0.3) is 0 Å². The molecule has 0 saturated heterocycles. The highest BCUT2D eigenvalue weighted by Gasteiger charge is 2.47. The maximum absolute atomic E-state index is 9.71. The fraction of sp³-hybridized carbons (Fsp3) is 1.00. The lowest BCUT2D eigenvalue weighted by Crippen LogP contribution is -2.46. The molecule has 0 aliphatic heterocycles. The molecule has 0 radical (unpaired) electrons. The maximum atomic E-state index is 9.71. The Balaban J connectivity index is 2.16. The van der Waals surface area contributed by atoms with Gasteiger partial charge in [-0.15, -0.1) is 0 Å². The minimum Gasteiger partial charge on any atom is -0.393 e. The van der Waals surface area contributed by atoms with Crippen molar-refractivity contribution < 1.29 is 5.11 Å². The van der Waals surface area contributed by atoms with Gasteiger partial charge in [-0.1, -0.05) is 27.2 Å². The van der Waals surface area contributed by atoms with Gasteiger partial charge in [-0.25, -0.2) is 0 Å². The number of hydrogen-bond acceptors (Lipinski definition) is 1. The molecule has 2 aliphatic carbocycles. The molecule has 0 bridgehead atoms. The first kappa shape index (κ1) is 10.5. The first-order chi connectivity index (χ1) is 6.54. The molecule has 0 spiro atoms. The second-order valence-corrected chi connectivity index (χ2v) is 5.97. The summed E-state index contributed by atoms with van der Waals surface area (Å²) in [4.78, 5) is 0. The van der Waals surface area contributed by atoms with Gasteiger partial charge in [0, 0.05) is 0 Å². The second kappa shape index (κ2) is 3.52. The third-order valence-electron chi connectivity index (χ3n) is 5.37. The molecule has 1 N–H and O–H groups in total. The molecular weight excluding hydrogens is 172 g/mol. The van der Waals surface area contributed by atoms with Crippen LogP contribution in [0.5, 0.6) is 0 Å². The molecule has 2 rings (SSSR count). The Bertz CT molecular complexity index is 213. The average molecular weight is 196 g/mol. The Hall–Kier alpha value is -0.0400. The Kier molecular flexibility index (Phi) is 2.63. The molecular formula is C13H24O. The van der Waals surface area contributed by atoms with Crippen molar-refractivity contribution in [3.05, 3.63) is 0 Å². The predicted octanol–water partition coefficient (Wildman–Crippen LogP) is 3.22. The third-order valence-corrected chi connectivity index (χ3v) is 5.37. The largest absolute Gasteiger partial charge is 0.393 e. The van der Waals surface area contributed by atoms with Crippen molar-refractivity contribution in [2.75, 3.05) is 0 Å². The van der Waals surface area contributed by atoms with Crippen LogP contribution in [0.4, 0.5) is 0 Å². The van der Waals surface area contributed by atoms with Crippen molar-refractivity contribution in [2.45, 2.75) is 59.0 Å². The van der Waals surface area contributed by atoms with E-state index in [0.29, 0.717) is 5.41 Å². The highest BCUT2D eigenvalue weighted by atomic mass is 16.3. The smallest absolute Gasteiger partial charge is 0.0543 e. The van der Waals surface area contributed by atoms with Crippen molar-refractivity contribution in [2.24, 2.45) is 23.2 Å². The molecule has 1 unspecified atom stereocenters. The molecule has 0 aromatic heterocycles. The van der Waals surface area contributed by atoms with Crippen molar-refractivity contribution in [1.29, 1.82) is 0 Å². The van der Waals surface area contributed by atoms with Crippen LogP contribution in [0, 0.1) is 23.2 Å². The molecule has 5 atom stereocenters. The van der Waals surface area contributed by atoms with Crippen LogP contribution < -0.4 is 0 Å². The van der Waals surface area contributed by atoms with E-state index in [2.05, 4.69) is 20.8 Å². The monoisotopic (exact) mass is 196 g/mol. The van der Waals surface area contributed by atoms with Crippen LogP contribution in [0.1, 0.15) is 52.9 Å². The fourth-order valence-corrected chi connectivity index (χ4v) is 3.81. The zero-order chi connectivity index (χ0) is 10.3. The first-order valence-electron chi connectivity index (χ1n) is 6.22. The highest BCUT2D eigenvalue weighted by molar-refractivity contribution is 4.97. The first-order valence-corrected chi connectivity index (χ1v) is 6.22. The minimum absolute atomic E-state index is 0.00585. The molecule has 0 aromatic rings. The summed E-state index contributed by atoms with van der Waals surface area (Å²) in [5.41, 5.74) is 0.525. The van der Waals surface area contributed by atoms with Gasteiger partial charge < -0.3 is 5.11 Å². The summed E-state index contributed by atoms with van der Waals surface area (Å²) in [5, 5.41) is 9.71. The molecule has 2 fully saturated rings. The highest BCUT2D eigenvalue weighted by Crippen LogP contribution is 2.54. The summed E-state index contributed by atoms with van der Waals surface area (Å²) < 4.78 is 0. The lowest BCUT2D eigenvalue weighted by atomic mass is 9.53. The summed E-state index contributed by atoms with van der Waals surface area (Å²) in [6, 6.07) is 0. The number of aliphatic hydroxyl groups excluding tert-OH is 1. The van der Waals surface area contributed by atoms with E-state index in [1.54, 1.807) is 0 Å². The normalized spacial score (nSPS) is 54.0. The van der Waals surface area contributed by atoms with Gasteiger partial charge >= 0.3 is 0 Å². The summed E-state index contributed by atoms with van der Waals surface area (Å²) in [6.07, 6.45) is 6.04. The Morgan fingerprint density at radius 3 is 2.57 bits per heavy atom. The molecule has 1 heteroatoms. The van der Waals surface area contributed by atoms with Gasteiger partial charge in [0.2, 0.25) is 0 Å². The van der Waals surface area contributed by atoms with E-state index in [4.69, 9.17) is 0 Å². The molecule has 0 aromatic carbocycles. The fourth-order valence-electron chi connectivity index (χ4n) is 3.81. The van der Waals surface area contributed by atoms with Gasteiger partial charge in [0.05, 0.1) is 6.10 Å². The molecule has 0 amide bonds. The van der Waals surface area contributed by atoms with Crippen molar-refractivity contribution in [3.8, 4) is 0 Å². The summed E-state index contributed by atoms with van der Waals surface area (Å²) >= 11 is 0. The van der Waals surface area contributed by atoms with Crippen molar-refractivity contribution >= 4 is 0 Å². The molecule has 82 valence electrons. The summed E-state index contributed by atoms with van der Waals surface area (Å²) in [6.45, 7) is 7.29.